The number of sulfone groups is 1. The van der Waals surface area contributed by atoms with Gasteiger partial charge in [-0.2, -0.15) is 0 Å². The van der Waals surface area contributed by atoms with E-state index >= 15 is 0 Å². The van der Waals surface area contributed by atoms with Gasteiger partial charge in [-0.15, -0.1) is 0 Å². The first-order valence-corrected chi connectivity index (χ1v) is 20.5. The molecule has 0 aliphatic heterocycles. The van der Waals surface area contributed by atoms with Gasteiger partial charge in [0.15, 0.2) is 9.84 Å². The van der Waals surface area contributed by atoms with Crippen LogP contribution < -0.4 is 4.72 Å². The first-order valence-electron chi connectivity index (χ1n) is 16.6. The Hall–Kier alpha value is -4.45. The van der Waals surface area contributed by atoms with Gasteiger partial charge in [0.05, 0.1) is 21.7 Å². The van der Waals surface area contributed by atoms with E-state index in [1.54, 1.807) is 30.3 Å². The Morgan fingerprint density at radius 3 is 1.96 bits per heavy atom. The molecule has 0 atom stereocenters. The van der Waals surface area contributed by atoms with E-state index in [0.29, 0.717) is 11.4 Å². The molecule has 6 aromatic rings. The molecule has 5 aromatic carbocycles. The van der Waals surface area contributed by atoms with Crippen LogP contribution in [0.15, 0.2) is 137 Å². The van der Waals surface area contributed by atoms with Crippen molar-refractivity contribution in [2.24, 2.45) is 0 Å². The number of halogens is 2. The first-order chi connectivity index (χ1) is 24.9. The zero-order valence-corrected chi connectivity index (χ0v) is 31.1. The summed E-state index contributed by atoms with van der Waals surface area (Å²) >= 11 is 12.8. The summed E-state index contributed by atoms with van der Waals surface area (Å²) in [6.45, 7) is 0.00542. The van der Waals surface area contributed by atoms with Gasteiger partial charge in [-0.3, -0.25) is 4.79 Å². The van der Waals surface area contributed by atoms with Crippen molar-refractivity contribution in [2.75, 3.05) is 12.3 Å². The maximum absolute atomic E-state index is 13.8. The molecule has 0 saturated heterocycles. The highest BCUT2D eigenvalue weighted by Gasteiger charge is 2.27. The second kappa shape index (κ2) is 16.1. The highest BCUT2D eigenvalue weighted by Crippen LogP contribution is 2.38. The second-order valence-corrected chi connectivity index (χ2v) is 17.1. The number of nitrogens with zero attached hydrogens (tertiary/aromatic N) is 1. The lowest BCUT2D eigenvalue weighted by Gasteiger charge is -2.25. The molecule has 1 aromatic heterocycles. The van der Waals surface area contributed by atoms with E-state index in [2.05, 4.69) is 9.29 Å². The van der Waals surface area contributed by atoms with Gasteiger partial charge in [0, 0.05) is 41.0 Å². The fourth-order valence-electron chi connectivity index (χ4n) is 6.53. The van der Waals surface area contributed by atoms with Crippen LogP contribution >= 0.6 is 23.2 Å². The van der Waals surface area contributed by atoms with Gasteiger partial charge in [0.1, 0.15) is 4.90 Å². The van der Waals surface area contributed by atoms with E-state index in [4.69, 9.17) is 28.3 Å². The molecule has 8 nitrogen and oxygen atoms in total. The molecule has 1 heterocycles. The molecule has 6 rings (SSSR count). The van der Waals surface area contributed by atoms with Crippen molar-refractivity contribution in [1.82, 2.24) is 9.29 Å². The number of aromatic nitrogens is 1. The number of carbonyl (C=O) groups is 1. The third kappa shape index (κ3) is 8.43. The van der Waals surface area contributed by atoms with Gasteiger partial charge in [-0.05, 0) is 77.6 Å². The van der Waals surface area contributed by atoms with E-state index in [-0.39, 0.29) is 52.4 Å². The minimum atomic E-state index is -3.97. The fourth-order valence-corrected chi connectivity index (χ4v) is 9.51. The Morgan fingerprint density at radius 2 is 1.35 bits per heavy atom. The lowest BCUT2D eigenvalue weighted by atomic mass is 9.97. The van der Waals surface area contributed by atoms with E-state index in [0.717, 1.165) is 38.9 Å². The molecule has 0 amide bonds. The van der Waals surface area contributed by atoms with Crippen LogP contribution in [-0.2, 0) is 43.9 Å². The highest BCUT2D eigenvalue weighted by atomic mass is 35.5. The SMILES string of the molecule is O=C(O)CCc1ccc(S(=O)(=O)CCc2c(CCNS(=O)(=O)c3ccccc3Cl)n(C(c3ccccc3)c3ccccc3)c3ccc(Cl)cc23)cc1. The molecule has 12 heteroatoms. The first kappa shape index (κ1) is 37.3. The Kier molecular flexibility index (Phi) is 11.5. The number of sulfonamides is 1. The third-order valence-corrected chi connectivity index (χ3v) is 12.9. The average Bonchev–Trinajstić information content (AvgIpc) is 3.42. The largest absolute Gasteiger partial charge is 0.481 e. The number of rotatable bonds is 15. The van der Waals surface area contributed by atoms with Crippen LogP contribution in [0.5, 0.6) is 0 Å². The summed E-state index contributed by atoms with van der Waals surface area (Å²) in [6, 6.07) is 37.6. The molecule has 0 radical (unpaired) electrons. The van der Waals surface area contributed by atoms with E-state index in [9.17, 15) is 21.6 Å². The molecule has 0 aliphatic carbocycles. The van der Waals surface area contributed by atoms with Gasteiger partial charge < -0.3 is 9.67 Å². The molecular formula is C40H36Cl2N2O6S2. The van der Waals surface area contributed by atoms with Crippen molar-refractivity contribution in [2.45, 2.75) is 41.5 Å². The number of nitrogens with one attached hydrogen (secondary N) is 1. The number of fused-ring (bicyclic) bond motifs is 1. The van der Waals surface area contributed by atoms with Crippen molar-refractivity contribution in [1.29, 1.82) is 0 Å². The van der Waals surface area contributed by atoms with E-state index in [1.807, 2.05) is 72.8 Å². The molecule has 0 fully saturated rings. The van der Waals surface area contributed by atoms with E-state index in [1.165, 1.54) is 24.3 Å². The minimum Gasteiger partial charge on any atom is -0.481 e. The minimum absolute atomic E-state index is 0.00542. The number of hydrogen-bond donors (Lipinski definition) is 2. The van der Waals surface area contributed by atoms with Gasteiger partial charge in [0.2, 0.25) is 10.0 Å². The number of aryl methyl sites for hydroxylation is 2. The summed E-state index contributed by atoms with van der Waals surface area (Å²) in [5.74, 6) is -1.16. The summed E-state index contributed by atoms with van der Waals surface area (Å²) in [7, 11) is -7.76. The summed E-state index contributed by atoms with van der Waals surface area (Å²) < 4.78 is 59.2. The van der Waals surface area contributed by atoms with Crippen LogP contribution in [0.3, 0.4) is 0 Å². The maximum atomic E-state index is 13.8. The molecule has 0 saturated carbocycles. The normalized spacial score (nSPS) is 12.1. The summed E-state index contributed by atoms with van der Waals surface area (Å²) in [5, 5.41) is 10.4. The number of benzene rings is 5. The van der Waals surface area contributed by atoms with E-state index < -0.39 is 25.8 Å². The lowest BCUT2D eigenvalue weighted by Crippen LogP contribution is -2.27. The van der Waals surface area contributed by atoms with Crippen molar-refractivity contribution in [3.8, 4) is 0 Å². The average molecular weight is 776 g/mol. The standard InChI is InChI=1S/C40H36Cl2N2O6S2/c41-31-18-21-36-34(27-31)33(24-26-51(47,48)32-19-15-28(16-20-32)17-22-39(45)46)37(23-25-43-52(49,50)38-14-8-7-13-35(38)42)44(36)40(29-9-3-1-4-10-29)30-11-5-2-6-12-30/h1-16,18-21,27,40,43H,17,22-26H2,(H,45,46). The molecule has 2 N–H and O–H groups in total. The molecule has 0 aliphatic rings. The summed E-state index contributed by atoms with van der Waals surface area (Å²) in [4.78, 5) is 11.1. The van der Waals surface area contributed by atoms with Crippen molar-refractivity contribution in [3.63, 3.8) is 0 Å². The van der Waals surface area contributed by atoms with Crippen LogP contribution in [0.25, 0.3) is 10.9 Å². The predicted molar refractivity (Wildman–Crippen MR) is 206 cm³/mol. The zero-order chi connectivity index (χ0) is 36.9. The quantitative estimate of drug-likeness (QED) is 0.109. The van der Waals surface area contributed by atoms with Crippen LogP contribution in [0.4, 0.5) is 0 Å². The number of carboxylic acid groups (broad SMARTS) is 1. The number of aliphatic carboxylic acids is 1. The fraction of sp³-hybridized carbons (Fsp3) is 0.175. The topological polar surface area (TPSA) is 123 Å². The monoisotopic (exact) mass is 774 g/mol. The van der Waals surface area contributed by atoms with Gasteiger partial charge >= 0.3 is 5.97 Å². The predicted octanol–water partition coefficient (Wildman–Crippen LogP) is 8.14. The number of hydrogen-bond acceptors (Lipinski definition) is 5. The Balaban J connectivity index is 1.45. The molecule has 0 bridgehead atoms. The maximum Gasteiger partial charge on any atom is 0.303 e. The van der Waals surface area contributed by atoms with Gasteiger partial charge in [-0.25, -0.2) is 21.6 Å². The van der Waals surface area contributed by atoms with Gasteiger partial charge in [0.25, 0.3) is 0 Å². The van der Waals surface area contributed by atoms with Crippen LogP contribution in [0, 0.1) is 0 Å². The van der Waals surface area contributed by atoms with Gasteiger partial charge in [-0.1, -0.05) is 108 Å². The Bertz CT molecular complexity index is 2380. The zero-order valence-electron chi connectivity index (χ0n) is 28.0. The van der Waals surface area contributed by atoms with Crippen molar-refractivity contribution in [3.05, 3.63) is 165 Å². The lowest BCUT2D eigenvalue weighted by molar-refractivity contribution is -0.136. The molecular weight excluding hydrogens is 739 g/mol. The number of carboxylic acids is 1. The van der Waals surface area contributed by atoms with Crippen LogP contribution in [0.2, 0.25) is 10.0 Å². The van der Waals surface area contributed by atoms with Crippen LogP contribution in [-0.4, -0.2) is 44.8 Å². The van der Waals surface area contributed by atoms with Crippen molar-refractivity contribution < 1.29 is 26.7 Å². The highest BCUT2D eigenvalue weighted by molar-refractivity contribution is 7.91. The second-order valence-electron chi connectivity index (χ2n) is 12.4. The Morgan fingerprint density at radius 1 is 0.731 bits per heavy atom. The molecule has 268 valence electrons. The molecule has 52 heavy (non-hydrogen) atoms. The summed E-state index contributed by atoms with van der Waals surface area (Å²) in [5.41, 5.74) is 5.03. The molecule has 0 spiro atoms. The summed E-state index contributed by atoms with van der Waals surface area (Å²) in [6.07, 6.45) is 0.585. The third-order valence-electron chi connectivity index (χ3n) is 8.98. The van der Waals surface area contributed by atoms with Crippen molar-refractivity contribution >= 4 is 59.9 Å². The Labute approximate surface area is 313 Å². The molecule has 0 unspecified atom stereocenters. The van der Waals surface area contributed by atoms with Crippen LogP contribution in [0.1, 0.15) is 40.4 Å². The smallest absolute Gasteiger partial charge is 0.303 e.